The lowest BCUT2D eigenvalue weighted by atomic mass is 10.1. The number of nitrogens with one attached hydrogen (secondary N) is 2. The van der Waals surface area contributed by atoms with E-state index < -0.39 is 0 Å². The van der Waals surface area contributed by atoms with Crippen molar-refractivity contribution in [3.8, 4) is 0 Å². The molecule has 0 unspecified atom stereocenters. The van der Waals surface area contributed by atoms with Crippen LogP contribution in [0.1, 0.15) is 48.2 Å². The van der Waals surface area contributed by atoms with Gasteiger partial charge in [-0.25, -0.2) is 0 Å². The van der Waals surface area contributed by atoms with Gasteiger partial charge in [0, 0.05) is 19.5 Å². The third-order valence-corrected chi connectivity index (χ3v) is 4.90. The Labute approximate surface area is 142 Å². The fourth-order valence-electron chi connectivity index (χ4n) is 2.75. The number of amides is 2. The molecule has 1 fully saturated rings. The number of likely N-dealkylation sites (tertiary alicyclic amines) is 1. The smallest absolute Gasteiger partial charge is 0.261 e. The molecule has 0 spiro atoms. The highest BCUT2D eigenvalue weighted by atomic mass is 32.1. The van der Waals surface area contributed by atoms with E-state index in [4.69, 9.17) is 0 Å². The number of thiophene rings is 1. The van der Waals surface area contributed by atoms with E-state index in [1.165, 1.54) is 43.7 Å². The SMILES string of the molecule is O=C(CCCNC(=O)c1cccs1)NCCCN1CCCCC1. The normalized spacial score (nSPS) is 15.3. The molecule has 1 saturated heterocycles. The zero-order chi connectivity index (χ0) is 16.3. The van der Waals surface area contributed by atoms with Crippen molar-refractivity contribution in [1.82, 2.24) is 15.5 Å². The Morgan fingerprint density at radius 3 is 2.61 bits per heavy atom. The minimum Gasteiger partial charge on any atom is -0.356 e. The molecule has 6 heteroatoms. The molecule has 1 aliphatic heterocycles. The monoisotopic (exact) mass is 337 g/mol. The molecule has 0 aromatic carbocycles. The standard InChI is InChI=1S/C17H27N3O2S/c21-16(18-10-6-13-20-11-2-1-3-12-20)8-4-9-19-17(22)15-7-5-14-23-15/h5,7,14H,1-4,6,8-13H2,(H,18,21)(H,19,22). The number of carbonyl (C=O) groups excluding carboxylic acids is 2. The maximum absolute atomic E-state index is 11.7. The summed E-state index contributed by atoms with van der Waals surface area (Å²) in [6, 6.07) is 3.66. The van der Waals surface area contributed by atoms with Gasteiger partial charge in [0.25, 0.3) is 5.91 Å². The summed E-state index contributed by atoms with van der Waals surface area (Å²) in [6.45, 7) is 4.78. The molecule has 23 heavy (non-hydrogen) atoms. The van der Waals surface area contributed by atoms with Crippen LogP contribution < -0.4 is 10.6 Å². The molecule has 2 heterocycles. The van der Waals surface area contributed by atoms with Gasteiger partial charge in [-0.3, -0.25) is 9.59 Å². The fraction of sp³-hybridized carbons (Fsp3) is 0.647. The average molecular weight is 337 g/mol. The number of rotatable bonds is 9. The van der Waals surface area contributed by atoms with Crippen LogP contribution in [0.15, 0.2) is 17.5 Å². The molecule has 0 saturated carbocycles. The Hall–Kier alpha value is -1.40. The maximum atomic E-state index is 11.7. The minimum atomic E-state index is -0.0538. The van der Waals surface area contributed by atoms with Crippen molar-refractivity contribution >= 4 is 23.2 Å². The van der Waals surface area contributed by atoms with Gasteiger partial charge in [0.1, 0.15) is 0 Å². The van der Waals surface area contributed by atoms with Gasteiger partial charge in [0.2, 0.25) is 5.91 Å². The third kappa shape index (κ3) is 7.14. The number of piperidine rings is 1. The number of carbonyl (C=O) groups is 2. The molecule has 1 aliphatic rings. The highest BCUT2D eigenvalue weighted by molar-refractivity contribution is 7.12. The Bertz CT molecular complexity index is 470. The number of nitrogens with zero attached hydrogens (tertiary/aromatic N) is 1. The van der Waals surface area contributed by atoms with Crippen LogP contribution in [0.4, 0.5) is 0 Å². The van der Waals surface area contributed by atoms with Crippen molar-refractivity contribution in [2.24, 2.45) is 0 Å². The molecule has 1 aromatic heterocycles. The first-order valence-corrected chi connectivity index (χ1v) is 9.44. The summed E-state index contributed by atoms with van der Waals surface area (Å²) in [4.78, 5) is 26.6. The van der Waals surface area contributed by atoms with Crippen molar-refractivity contribution < 1.29 is 9.59 Å². The van der Waals surface area contributed by atoms with Gasteiger partial charge in [-0.2, -0.15) is 0 Å². The molecular weight excluding hydrogens is 310 g/mol. The van der Waals surface area contributed by atoms with Crippen molar-refractivity contribution in [3.63, 3.8) is 0 Å². The third-order valence-electron chi connectivity index (χ3n) is 4.03. The topological polar surface area (TPSA) is 61.4 Å². The first kappa shape index (κ1) is 17.9. The average Bonchev–Trinajstić information content (AvgIpc) is 3.11. The van der Waals surface area contributed by atoms with Crippen LogP contribution in [0.25, 0.3) is 0 Å². The van der Waals surface area contributed by atoms with E-state index in [0.29, 0.717) is 24.3 Å². The zero-order valence-electron chi connectivity index (χ0n) is 13.7. The Balaban J connectivity index is 1.44. The van der Waals surface area contributed by atoms with Crippen molar-refractivity contribution in [1.29, 1.82) is 0 Å². The van der Waals surface area contributed by atoms with E-state index in [0.717, 1.165) is 19.5 Å². The van der Waals surface area contributed by atoms with Gasteiger partial charge < -0.3 is 15.5 Å². The van der Waals surface area contributed by atoms with Crippen LogP contribution in [0.5, 0.6) is 0 Å². The number of hydrogen-bond donors (Lipinski definition) is 2. The first-order valence-electron chi connectivity index (χ1n) is 8.56. The lowest BCUT2D eigenvalue weighted by molar-refractivity contribution is -0.121. The second kappa shape index (κ2) is 10.4. The second-order valence-electron chi connectivity index (χ2n) is 5.94. The molecule has 5 nitrogen and oxygen atoms in total. The van der Waals surface area contributed by atoms with Crippen LogP contribution in [0.3, 0.4) is 0 Å². The van der Waals surface area contributed by atoms with E-state index in [9.17, 15) is 9.59 Å². The van der Waals surface area contributed by atoms with E-state index in [-0.39, 0.29) is 11.8 Å². The van der Waals surface area contributed by atoms with E-state index in [2.05, 4.69) is 15.5 Å². The lowest BCUT2D eigenvalue weighted by Gasteiger charge is -2.26. The van der Waals surface area contributed by atoms with Crippen LogP contribution in [-0.4, -0.2) is 49.4 Å². The van der Waals surface area contributed by atoms with Gasteiger partial charge in [-0.05, 0) is 56.8 Å². The molecule has 2 rings (SSSR count). The van der Waals surface area contributed by atoms with Gasteiger partial charge in [0.05, 0.1) is 4.88 Å². The fourth-order valence-corrected chi connectivity index (χ4v) is 3.39. The zero-order valence-corrected chi connectivity index (χ0v) is 14.5. The van der Waals surface area contributed by atoms with Crippen molar-refractivity contribution in [2.75, 3.05) is 32.7 Å². The predicted molar refractivity (Wildman–Crippen MR) is 93.8 cm³/mol. The first-order chi connectivity index (χ1) is 11.3. The predicted octanol–water partition coefficient (Wildman–Crippen LogP) is 2.25. The summed E-state index contributed by atoms with van der Waals surface area (Å²) in [5.74, 6) is 0.0240. The van der Waals surface area contributed by atoms with Crippen molar-refractivity contribution in [3.05, 3.63) is 22.4 Å². The molecule has 1 aromatic rings. The van der Waals surface area contributed by atoms with Gasteiger partial charge >= 0.3 is 0 Å². The van der Waals surface area contributed by atoms with Crippen LogP contribution >= 0.6 is 11.3 Å². The van der Waals surface area contributed by atoms with Crippen LogP contribution in [-0.2, 0) is 4.79 Å². The summed E-state index contributed by atoms with van der Waals surface area (Å²) in [5.41, 5.74) is 0. The summed E-state index contributed by atoms with van der Waals surface area (Å²) in [5, 5.41) is 7.68. The van der Waals surface area contributed by atoms with Crippen LogP contribution in [0, 0.1) is 0 Å². The van der Waals surface area contributed by atoms with E-state index in [1.54, 1.807) is 6.07 Å². The Morgan fingerprint density at radius 1 is 1.09 bits per heavy atom. The molecule has 2 amide bonds. The molecular formula is C17H27N3O2S. The molecule has 0 bridgehead atoms. The molecule has 128 valence electrons. The number of hydrogen-bond acceptors (Lipinski definition) is 4. The van der Waals surface area contributed by atoms with Crippen LogP contribution in [0.2, 0.25) is 0 Å². The van der Waals surface area contributed by atoms with Gasteiger partial charge in [-0.1, -0.05) is 12.5 Å². The maximum Gasteiger partial charge on any atom is 0.261 e. The van der Waals surface area contributed by atoms with Gasteiger partial charge in [-0.15, -0.1) is 11.3 Å². The van der Waals surface area contributed by atoms with Gasteiger partial charge in [0.15, 0.2) is 0 Å². The highest BCUT2D eigenvalue weighted by Gasteiger charge is 2.09. The minimum absolute atomic E-state index is 0.0538. The van der Waals surface area contributed by atoms with E-state index >= 15 is 0 Å². The Kier molecular flexibility index (Phi) is 8.11. The molecule has 0 aliphatic carbocycles. The molecule has 2 N–H and O–H groups in total. The Morgan fingerprint density at radius 2 is 1.87 bits per heavy atom. The van der Waals surface area contributed by atoms with Crippen molar-refractivity contribution in [2.45, 2.75) is 38.5 Å². The lowest BCUT2D eigenvalue weighted by Crippen LogP contribution is -2.33. The summed E-state index contributed by atoms with van der Waals surface area (Å²) in [7, 11) is 0. The molecule has 0 radical (unpaired) electrons. The van der Waals surface area contributed by atoms with E-state index in [1.807, 2.05) is 11.4 Å². The summed E-state index contributed by atoms with van der Waals surface area (Å²) in [6.07, 6.45) is 6.13. The second-order valence-corrected chi connectivity index (χ2v) is 6.89. The molecule has 0 atom stereocenters. The summed E-state index contributed by atoms with van der Waals surface area (Å²) < 4.78 is 0. The quantitative estimate of drug-likeness (QED) is 0.680. The largest absolute Gasteiger partial charge is 0.356 e. The summed E-state index contributed by atoms with van der Waals surface area (Å²) >= 11 is 1.43. The highest BCUT2D eigenvalue weighted by Crippen LogP contribution is 2.08.